The fourth-order valence-corrected chi connectivity index (χ4v) is 1.87. The van der Waals surface area contributed by atoms with Crippen molar-refractivity contribution in [2.45, 2.75) is 0 Å². The average molecular weight is 227 g/mol. The first-order valence-corrected chi connectivity index (χ1v) is 5.68. The molecule has 1 aliphatic rings. The minimum Gasteiger partial charge on any atom is -0.478 e. The molecule has 0 saturated carbocycles. The number of nitrogens with zero attached hydrogens (tertiary/aromatic N) is 1. The number of rotatable bonds is 3. The zero-order valence-electron chi connectivity index (χ0n) is 8.58. The van der Waals surface area contributed by atoms with E-state index in [2.05, 4.69) is 22.3 Å². The van der Waals surface area contributed by atoms with Gasteiger partial charge in [0.25, 0.3) is 0 Å². The van der Waals surface area contributed by atoms with Gasteiger partial charge in [0.15, 0.2) is 6.07 Å². The molecule has 0 aliphatic carbocycles. The van der Waals surface area contributed by atoms with Gasteiger partial charge in [0.1, 0.15) is 5.75 Å². The van der Waals surface area contributed by atoms with Crippen molar-refractivity contribution in [3.63, 3.8) is 0 Å². The van der Waals surface area contributed by atoms with Crippen LogP contribution < -0.4 is 15.0 Å². The third-order valence-corrected chi connectivity index (χ3v) is 2.65. The lowest BCUT2D eigenvalue weighted by atomic mass is 10.2. The van der Waals surface area contributed by atoms with Gasteiger partial charge in [-0.3, -0.25) is 0 Å². The molecule has 0 spiro atoms. The normalized spacial score (nSPS) is 16.5. The van der Waals surface area contributed by atoms with Crippen molar-refractivity contribution in [3.05, 3.63) is 24.3 Å². The average Bonchev–Trinajstić information content (AvgIpc) is 2.32. The Morgan fingerprint density at radius 1 is 1.20 bits per heavy atom. The molecule has 82 valence electrons. The van der Waals surface area contributed by atoms with Crippen LogP contribution >= 0.6 is 11.6 Å². The fourth-order valence-electron chi connectivity index (χ4n) is 1.74. The first-order valence-electron chi connectivity index (χ1n) is 5.14. The van der Waals surface area contributed by atoms with Crippen LogP contribution in [-0.4, -0.2) is 32.2 Å². The van der Waals surface area contributed by atoms with E-state index in [-0.39, 0.29) is 6.07 Å². The maximum absolute atomic E-state index is 5.48. The number of hydrogen-bond donors (Lipinski definition) is 1. The van der Waals surface area contributed by atoms with Crippen molar-refractivity contribution in [2.75, 3.05) is 37.1 Å². The highest BCUT2D eigenvalue weighted by Gasteiger charge is 2.09. The Labute approximate surface area is 95.0 Å². The molecule has 0 atom stereocenters. The van der Waals surface area contributed by atoms with E-state index in [1.54, 1.807) is 0 Å². The predicted molar refractivity (Wildman–Crippen MR) is 62.9 cm³/mol. The van der Waals surface area contributed by atoms with Crippen LogP contribution in [0.5, 0.6) is 5.75 Å². The van der Waals surface area contributed by atoms with E-state index in [1.807, 2.05) is 12.1 Å². The number of halogens is 1. The quantitative estimate of drug-likeness (QED) is 0.794. The maximum atomic E-state index is 5.48. The van der Waals surface area contributed by atoms with Crippen LogP contribution in [0, 0.1) is 0 Å². The van der Waals surface area contributed by atoms with Gasteiger partial charge in [-0.05, 0) is 24.3 Å². The Balaban J connectivity index is 2.02. The molecule has 1 fully saturated rings. The van der Waals surface area contributed by atoms with Crippen molar-refractivity contribution in [1.82, 2.24) is 5.32 Å². The molecular weight excluding hydrogens is 212 g/mol. The molecule has 0 unspecified atom stereocenters. The van der Waals surface area contributed by atoms with Crippen LogP contribution in [0.25, 0.3) is 0 Å². The molecular formula is C11H15ClN2O. The van der Waals surface area contributed by atoms with Crippen molar-refractivity contribution in [1.29, 1.82) is 0 Å². The monoisotopic (exact) mass is 226 g/mol. The highest BCUT2D eigenvalue weighted by atomic mass is 35.5. The van der Waals surface area contributed by atoms with E-state index in [9.17, 15) is 0 Å². The number of piperazine rings is 1. The second-order valence-corrected chi connectivity index (χ2v) is 3.70. The lowest BCUT2D eigenvalue weighted by molar-refractivity contribution is 0.388. The maximum Gasteiger partial charge on any atom is 0.162 e. The molecule has 0 radical (unpaired) electrons. The molecule has 1 aromatic rings. The van der Waals surface area contributed by atoms with Crippen molar-refractivity contribution in [2.24, 2.45) is 0 Å². The highest BCUT2D eigenvalue weighted by molar-refractivity contribution is 6.17. The standard InChI is InChI=1S/C11H15ClN2O/c12-9-15-11-3-1-10(2-4-11)14-7-5-13-6-8-14/h1-4,13H,5-9H2. The first kappa shape index (κ1) is 10.6. The van der Waals surface area contributed by atoms with Gasteiger partial charge in [0, 0.05) is 31.9 Å². The van der Waals surface area contributed by atoms with Crippen LogP contribution in [0.1, 0.15) is 0 Å². The number of nitrogens with one attached hydrogen (secondary N) is 1. The van der Waals surface area contributed by atoms with Crippen LogP contribution in [0.3, 0.4) is 0 Å². The van der Waals surface area contributed by atoms with Crippen LogP contribution in [0.2, 0.25) is 0 Å². The largest absolute Gasteiger partial charge is 0.478 e. The summed E-state index contributed by atoms with van der Waals surface area (Å²) in [6.07, 6.45) is 0. The highest BCUT2D eigenvalue weighted by Crippen LogP contribution is 2.19. The molecule has 3 nitrogen and oxygen atoms in total. The van der Waals surface area contributed by atoms with Gasteiger partial charge >= 0.3 is 0 Å². The van der Waals surface area contributed by atoms with Gasteiger partial charge in [-0.2, -0.15) is 0 Å². The van der Waals surface area contributed by atoms with Crippen molar-refractivity contribution >= 4 is 17.3 Å². The molecule has 0 amide bonds. The minimum absolute atomic E-state index is 0.201. The summed E-state index contributed by atoms with van der Waals surface area (Å²) < 4.78 is 5.18. The third-order valence-electron chi connectivity index (χ3n) is 2.54. The summed E-state index contributed by atoms with van der Waals surface area (Å²) in [7, 11) is 0. The van der Waals surface area contributed by atoms with Crippen molar-refractivity contribution < 1.29 is 4.74 Å². The topological polar surface area (TPSA) is 24.5 Å². The second-order valence-electron chi connectivity index (χ2n) is 3.48. The summed E-state index contributed by atoms with van der Waals surface area (Å²) in [5, 5.41) is 3.33. The molecule has 0 bridgehead atoms. The zero-order valence-corrected chi connectivity index (χ0v) is 9.33. The molecule has 1 saturated heterocycles. The Kier molecular flexibility index (Phi) is 3.69. The van der Waals surface area contributed by atoms with Gasteiger partial charge in [-0.15, -0.1) is 0 Å². The Bertz CT molecular complexity index is 296. The van der Waals surface area contributed by atoms with Crippen LogP contribution in [-0.2, 0) is 0 Å². The first-order chi connectivity index (χ1) is 7.40. The summed E-state index contributed by atoms with van der Waals surface area (Å²) in [5.74, 6) is 0.823. The van der Waals surface area contributed by atoms with E-state index in [4.69, 9.17) is 16.3 Å². The van der Waals surface area contributed by atoms with Gasteiger partial charge < -0.3 is 15.0 Å². The molecule has 1 N–H and O–H groups in total. The Morgan fingerprint density at radius 2 is 1.87 bits per heavy atom. The van der Waals surface area contributed by atoms with E-state index < -0.39 is 0 Å². The number of anilines is 1. The molecule has 1 aliphatic heterocycles. The molecule has 4 heteroatoms. The summed E-state index contributed by atoms with van der Waals surface area (Å²) in [6.45, 7) is 4.24. The molecule has 15 heavy (non-hydrogen) atoms. The SMILES string of the molecule is ClCOc1ccc(N2CCNCC2)cc1. The number of alkyl halides is 1. The summed E-state index contributed by atoms with van der Waals surface area (Å²) in [4.78, 5) is 2.36. The summed E-state index contributed by atoms with van der Waals surface area (Å²) in [5.41, 5.74) is 1.25. The van der Waals surface area contributed by atoms with Gasteiger partial charge in [-0.1, -0.05) is 11.6 Å². The lowest BCUT2D eigenvalue weighted by Gasteiger charge is -2.29. The van der Waals surface area contributed by atoms with Gasteiger partial charge in [0.2, 0.25) is 0 Å². The fraction of sp³-hybridized carbons (Fsp3) is 0.455. The number of hydrogen-bond acceptors (Lipinski definition) is 3. The van der Waals surface area contributed by atoms with Crippen LogP contribution in [0.4, 0.5) is 5.69 Å². The summed E-state index contributed by atoms with van der Waals surface area (Å²) in [6, 6.07) is 8.27. The molecule has 2 rings (SSSR count). The lowest BCUT2D eigenvalue weighted by Crippen LogP contribution is -2.43. The Morgan fingerprint density at radius 3 is 2.47 bits per heavy atom. The van der Waals surface area contributed by atoms with Crippen LogP contribution in [0.15, 0.2) is 24.3 Å². The van der Waals surface area contributed by atoms with E-state index in [0.717, 1.165) is 31.9 Å². The third kappa shape index (κ3) is 2.76. The summed E-state index contributed by atoms with van der Waals surface area (Å²) >= 11 is 5.48. The molecule has 0 aromatic heterocycles. The smallest absolute Gasteiger partial charge is 0.162 e. The minimum atomic E-state index is 0.201. The second kappa shape index (κ2) is 5.24. The number of ether oxygens (including phenoxy) is 1. The number of benzene rings is 1. The van der Waals surface area contributed by atoms with Gasteiger partial charge in [-0.25, -0.2) is 0 Å². The van der Waals surface area contributed by atoms with E-state index >= 15 is 0 Å². The Hall–Kier alpha value is -0.930. The van der Waals surface area contributed by atoms with Gasteiger partial charge in [0.05, 0.1) is 0 Å². The molecule has 1 heterocycles. The predicted octanol–water partition coefficient (Wildman–Crippen LogP) is 1.67. The van der Waals surface area contributed by atoms with E-state index in [0.29, 0.717) is 0 Å². The molecule has 1 aromatic carbocycles. The van der Waals surface area contributed by atoms with Crippen molar-refractivity contribution in [3.8, 4) is 5.75 Å². The van der Waals surface area contributed by atoms with E-state index in [1.165, 1.54) is 5.69 Å². The zero-order chi connectivity index (χ0) is 10.5.